The second kappa shape index (κ2) is 6.55. The number of hydrogen-bond acceptors (Lipinski definition) is 2. The first kappa shape index (κ1) is 12.0. The fourth-order valence-corrected chi connectivity index (χ4v) is 1.13. The van der Waals surface area contributed by atoms with Crippen molar-refractivity contribution in [2.45, 2.75) is 26.4 Å². The van der Waals surface area contributed by atoms with Gasteiger partial charge in [-0.3, -0.25) is 4.79 Å². The molecule has 0 atom stereocenters. The SMILES string of the molecule is CC(C)CC(=O)OC(CCl)CCl. The first-order valence-electron chi connectivity index (χ1n) is 3.91. The Balaban J connectivity index is 3.66. The lowest BCUT2D eigenvalue weighted by molar-refractivity contribution is -0.147. The van der Waals surface area contributed by atoms with Crippen LogP contribution in [0.2, 0.25) is 0 Å². The molecular formula is C8H14Cl2O2. The zero-order valence-electron chi connectivity index (χ0n) is 7.35. The molecule has 0 aromatic carbocycles. The van der Waals surface area contributed by atoms with Gasteiger partial charge in [-0.25, -0.2) is 0 Å². The van der Waals surface area contributed by atoms with Gasteiger partial charge in [0.25, 0.3) is 0 Å². The molecule has 0 saturated heterocycles. The highest BCUT2D eigenvalue weighted by molar-refractivity contribution is 6.21. The molecule has 0 spiro atoms. The van der Waals surface area contributed by atoms with Crippen molar-refractivity contribution >= 4 is 29.2 Å². The smallest absolute Gasteiger partial charge is 0.306 e. The summed E-state index contributed by atoms with van der Waals surface area (Å²) < 4.78 is 4.96. The third-order valence-electron chi connectivity index (χ3n) is 1.22. The minimum atomic E-state index is -0.348. The number of hydrogen-bond donors (Lipinski definition) is 0. The summed E-state index contributed by atoms with van der Waals surface area (Å²) in [5.74, 6) is 0.598. The third-order valence-corrected chi connectivity index (χ3v) is 1.91. The van der Waals surface area contributed by atoms with Gasteiger partial charge in [0.15, 0.2) is 0 Å². The lowest BCUT2D eigenvalue weighted by Gasteiger charge is -2.12. The minimum Gasteiger partial charge on any atom is -0.460 e. The number of alkyl halides is 2. The van der Waals surface area contributed by atoms with Gasteiger partial charge in [0, 0.05) is 6.42 Å². The van der Waals surface area contributed by atoms with Crippen molar-refractivity contribution in [1.29, 1.82) is 0 Å². The molecule has 0 aliphatic rings. The fraction of sp³-hybridized carbons (Fsp3) is 0.875. The van der Waals surface area contributed by atoms with Gasteiger partial charge >= 0.3 is 5.97 Å². The fourth-order valence-electron chi connectivity index (χ4n) is 0.672. The molecule has 0 rings (SSSR count). The lowest BCUT2D eigenvalue weighted by atomic mass is 10.1. The molecule has 0 saturated carbocycles. The van der Waals surface area contributed by atoms with Crippen molar-refractivity contribution in [3.8, 4) is 0 Å². The molecule has 0 amide bonds. The monoisotopic (exact) mass is 212 g/mol. The maximum Gasteiger partial charge on any atom is 0.306 e. The molecular weight excluding hydrogens is 199 g/mol. The van der Waals surface area contributed by atoms with Crippen LogP contribution < -0.4 is 0 Å². The Morgan fingerprint density at radius 3 is 2.17 bits per heavy atom. The van der Waals surface area contributed by atoms with Gasteiger partial charge in [0.05, 0.1) is 11.8 Å². The van der Waals surface area contributed by atoms with Crippen LogP contribution in [0.5, 0.6) is 0 Å². The first-order valence-corrected chi connectivity index (χ1v) is 4.98. The average Bonchev–Trinajstić information content (AvgIpc) is 1.98. The molecule has 0 radical (unpaired) electrons. The van der Waals surface area contributed by atoms with Gasteiger partial charge in [0.2, 0.25) is 0 Å². The standard InChI is InChI=1S/C8H14Cl2O2/c1-6(2)3-8(11)12-7(4-9)5-10/h6-7H,3-5H2,1-2H3. The highest BCUT2D eigenvalue weighted by atomic mass is 35.5. The molecule has 0 aliphatic heterocycles. The van der Waals surface area contributed by atoms with E-state index < -0.39 is 0 Å². The van der Waals surface area contributed by atoms with Crippen molar-refractivity contribution in [2.24, 2.45) is 5.92 Å². The van der Waals surface area contributed by atoms with E-state index in [4.69, 9.17) is 27.9 Å². The molecule has 0 heterocycles. The molecule has 4 heteroatoms. The number of carbonyl (C=O) groups excluding carboxylic acids is 1. The zero-order chi connectivity index (χ0) is 9.56. The van der Waals surface area contributed by atoms with Crippen LogP contribution >= 0.6 is 23.2 Å². The number of halogens is 2. The second-order valence-corrected chi connectivity index (χ2v) is 3.64. The van der Waals surface area contributed by atoms with E-state index in [2.05, 4.69) is 0 Å². The Morgan fingerprint density at radius 1 is 1.33 bits per heavy atom. The second-order valence-electron chi connectivity index (χ2n) is 3.02. The van der Waals surface area contributed by atoms with Crippen LogP contribution in [-0.4, -0.2) is 23.8 Å². The summed E-state index contributed by atoms with van der Waals surface area (Å²) in [6.07, 6.45) is 0.0733. The number of rotatable bonds is 5. The Morgan fingerprint density at radius 2 is 1.83 bits per heavy atom. The van der Waals surface area contributed by atoms with E-state index in [-0.39, 0.29) is 23.8 Å². The molecule has 72 valence electrons. The van der Waals surface area contributed by atoms with Crippen LogP contribution in [0.3, 0.4) is 0 Å². The highest BCUT2D eigenvalue weighted by Crippen LogP contribution is 2.05. The Labute approximate surface area is 83.2 Å². The van der Waals surface area contributed by atoms with E-state index in [9.17, 15) is 4.79 Å². The first-order chi connectivity index (χ1) is 5.60. The van der Waals surface area contributed by atoms with Crippen LogP contribution in [0.25, 0.3) is 0 Å². The largest absolute Gasteiger partial charge is 0.460 e. The number of esters is 1. The molecule has 2 nitrogen and oxygen atoms in total. The van der Waals surface area contributed by atoms with E-state index in [1.54, 1.807) is 0 Å². The lowest BCUT2D eigenvalue weighted by Crippen LogP contribution is -2.22. The summed E-state index contributed by atoms with van der Waals surface area (Å²) in [5.41, 5.74) is 0. The third kappa shape index (κ3) is 5.67. The van der Waals surface area contributed by atoms with Crippen molar-refractivity contribution in [1.82, 2.24) is 0 Å². The highest BCUT2D eigenvalue weighted by Gasteiger charge is 2.12. The molecule has 0 aromatic heterocycles. The topological polar surface area (TPSA) is 26.3 Å². The van der Waals surface area contributed by atoms with E-state index in [0.29, 0.717) is 12.3 Å². The summed E-state index contributed by atoms with van der Waals surface area (Å²) in [6, 6.07) is 0. The Kier molecular flexibility index (Phi) is 6.58. The molecule has 0 fully saturated rings. The van der Waals surface area contributed by atoms with E-state index in [1.807, 2.05) is 13.8 Å². The Bertz CT molecular complexity index is 133. The quantitative estimate of drug-likeness (QED) is 0.517. The summed E-state index contributed by atoms with van der Waals surface area (Å²) in [5, 5.41) is 0. The van der Waals surface area contributed by atoms with Crippen molar-refractivity contribution in [3.63, 3.8) is 0 Å². The van der Waals surface area contributed by atoms with Crippen LogP contribution in [0.15, 0.2) is 0 Å². The summed E-state index contributed by atoms with van der Waals surface area (Å²) >= 11 is 11.0. The predicted molar refractivity (Wildman–Crippen MR) is 50.8 cm³/mol. The van der Waals surface area contributed by atoms with Crippen LogP contribution in [-0.2, 0) is 9.53 Å². The predicted octanol–water partition coefficient (Wildman–Crippen LogP) is 2.42. The summed E-state index contributed by atoms with van der Waals surface area (Å²) in [7, 11) is 0. The average molecular weight is 213 g/mol. The normalized spacial score (nSPS) is 10.8. The van der Waals surface area contributed by atoms with Gasteiger partial charge in [0.1, 0.15) is 6.10 Å². The van der Waals surface area contributed by atoms with Crippen LogP contribution in [0, 0.1) is 5.92 Å². The Hall–Kier alpha value is 0.0500. The summed E-state index contributed by atoms with van der Waals surface area (Å²) in [6.45, 7) is 3.91. The van der Waals surface area contributed by atoms with Gasteiger partial charge in [-0.2, -0.15) is 0 Å². The molecule has 0 N–H and O–H groups in total. The maximum atomic E-state index is 11.0. The minimum absolute atomic E-state index is 0.226. The zero-order valence-corrected chi connectivity index (χ0v) is 8.86. The molecule has 0 aliphatic carbocycles. The van der Waals surface area contributed by atoms with Crippen molar-refractivity contribution < 1.29 is 9.53 Å². The molecule has 0 unspecified atom stereocenters. The van der Waals surface area contributed by atoms with Gasteiger partial charge in [-0.15, -0.1) is 23.2 Å². The van der Waals surface area contributed by atoms with Crippen molar-refractivity contribution in [2.75, 3.05) is 11.8 Å². The number of carbonyl (C=O) groups is 1. The van der Waals surface area contributed by atoms with E-state index in [1.165, 1.54) is 0 Å². The van der Waals surface area contributed by atoms with Gasteiger partial charge in [-0.1, -0.05) is 13.8 Å². The number of ether oxygens (including phenoxy) is 1. The molecule has 0 aromatic rings. The van der Waals surface area contributed by atoms with Crippen LogP contribution in [0.1, 0.15) is 20.3 Å². The van der Waals surface area contributed by atoms with Gasteiger partial charge < -0.3 is 4.74 Å². The molecule has 0 bridgehead atoms. The maximum absolute atomic E-state index is 11.0. The van der Waals surface area contributed by atoms with Crippen LogP contribution in [0.4, 0.5) is 0 Å². The van der Waals surface area contributed by atoms with E-state index in [0.717, 1.165) is 0 Å². The molecule has 12 heavy (non-hydrogen) atoms. The van der Waals surface area contributed by atoms with Gasteiger partial charge in [-0.05, 0) is 5.92 Å². The van der Waals surface area contributed by atoms with E-state index >= 15 is 0 Å². The van der Waals surface area contributed by atoms with Crippen molar-refractivity contribution in [3.05, 3.63) is 0 Å². The summed E-state index contributed by atoms with van der Waals surface area (Å²) in [4.78, 5) is 11.0.